The zero-order chi connectivity index (χ0) is 22.1. The zero-order valence-corrected chi connectivity index (χ0v) is 17.7. The second-order valence-corrected chi connectivity index (χ2v) is 8.03. The largest absolute Gasteiger partial charge is 0.340 e. The van der Waals surface area contributed by atoms with E-state index in [2.05, 4.69) is 39.3 Å². The van der Waals surface area contributed by atoms with Gasteiger partial charge >= 0.3 is 0 Å². The van der Waals surface area contributed by atoms with Crippen molar-refractivity contribution < 1.29 is 14.4 Å². The Morgan fingerprint density at radius 3 is 2.74 bits per heavy atom. The maximum atomic E-state index is 12.5. The van der Waals surface area contributed by atoms with Crippen LogP contribution in [-0.4, -0.2) is 33.3 Å². The maximum absolute atomic E-state index is 12.5. The predicted molar refractivity (Wildman–Crippen MR) is 119 cm³/mol. The van der Waals surface area contributed by atoms with E-state index in [1.54, 1.807) is 24.3 Å². The first-order valence-corrected chi connectivity index (χ1v) is 10.3. The van der Waals surface area contributed by atoms with E-state index in [0.29, 0.717) is 22.9 Å². The van der Waals surface area contributed by atoms with Gasteiger partial charge in [0.05, 0.1) is 22.3 Å². The van der Waals surface area contributed by atoms with E-state index in [1.807, 2.05) is 25.2 Å². The smallest absolute Gasteiger partial charge is 0.254 e. The SMILES string of the molecule is CC(C)c1nc2cc(NC(=O)CC[C@@H]3NC(=O)c4ccccc4NC3=O)ccc2n1C. The molecule has 0 unspecified atom stereocenters. The summed E-state index contributed by atoms with van der Waals surface area (Å²) in [6.07, 6.45) is 0.285. The Balaban J connectivity index is 1.40. The van der Waals surface area contributed by atoms with Crippen LogP contribution in [0.1, 0.15) is 48.8 Å². The van der Waals surface area contributed by atoms with Crippen molar-refractivity contribution in [3.63, 3.8) is 0 Å². The van der Waals surface area contributed by atoms with E-state index in [0.717, 1.165) is 16.9 Å². The Bertz CT molecular complexity index is 1180. The lowest BCUT2D eigenvalue weighted by Gasteiger charge is -2.14. The van der Waals surface area contributed by atoms with Crippen LogP contribution in [0.2, 0.25) is 0 Å². The third-order valence-corrected chi connectivity index (χ3v) is 5.43. The van der Waals surface area contributed by atoms with E-state index in [9.17, 15) is 14.4 Å². The van der Waals surface area contributed by atoms with Crippen molar-refractivity contribution >= 4 is 40.1 Å². The number of nitrogens with zero attached hydrogens (tertiary/aromatic N) is 2. The highest BCUT2D eigenvalue weighted by atomic mass is 16.2. The minimum Gasteiger partial charge on any atom is -0.340 e. The van der Waals surface area contributed by atoms with Crippen molar-refractivity contribution in [1.82, 2.24) is 14.9 Å². The standard InChI is InChI=1S/C23H25N5O3/c1-13(2)21-25-18-12-14(8-10-19(18)28(21)3)24-20(29)11-9-17-23(31)26-16-7-5-4-6-15(16)22(30)27-17/h4-8,10,12-13,17H,9,11H2,1-3H3,(H,24,29)(H,26,31)(H,27,30)/t17-/m0/s1. The number of anilines is 2. The lowest BCUT2D eigenvalue weighted by atomic mass is 10.1. The van der Waals surface area contributed by atoms with Gasteiger partial charge in [-0.15, -0.1) is 0 Å². The highest BCUT2D eigenvalue weighted by Crippen LogP contribution is 2.24. The molecule has 4 rings (SSSR count). The molecule has 31 heavy (non-hydrogen) atoms. The van der Waals surface area contributed by atoms with Crippen LogP contribution >= 0.6 is 0 Å². The van der Waals surface area contributed by atoms with Crippen LogP contribution in [0.5, 0.6) is 0 Å². The summed E-state index contributed by atoms with van der Waals surface area (Å²) in [6, 6.07) is 11.7. The Labute approximate surface area is 180 Å². The number of aryl methyl sites for hydroxylation is 1. The lowest BCUT2D eigenvalue weighted by Crippen LogP contribution is -2.41. The summed E-state index contributed by atoms with van der Waals surface area (Å²) in [4.78, 5) is 42.0. The second-order valence-electron chi connectivity index (χ2n) is 8.03. The summed E-state index contributed by atoms with van der Waals surface area (Å²) in [5.41, 5.74) is 3.34. The van der Waals surface area contributed by atoms with E-state index in [-0.39, 0.29) is 30.6 Å². The van der Waals surface area contributed by atoms with Crippen LogP contribution in [0.3, 0.4) is 0 Å². The fourth-order valence-corrected chi connectivity index (χ4v) is 3.83. The molecule has 1 aromatic heterocycles. The number of rotatable bonds is 5. The van der Waals surface area contributed by atoms with Crippen molar-refractivity contribution in [2.75, 3.05) is 10.6 Å². The van der Waals surface area contributed by atoms with Crippen LogP contribution < -0.4 is 16.0 Å². The van der Waals surface area contributed by atoms with Gasteiger partial charge in [-0.05, 0) is 36.8 Å². The highest BCUT2D eigenvalue weighted by Gasteiger charge is 2.27. The van der Waals surface area contributed by atoms with Crippen LogP contribution in [0.25, 0.3) is 11.0 Å². The number of fused-ring (bicyclic) bond motifs is 2. The van der Waals surface area contributed by atoms with Gasteiger partial charge in [-0.3, -0.25) is 14.4 Å². The van der Waals surface area contributed by atoms with E-state index in [4.69, 9.17) is 0 Å². The maximum Gasteiger partial charge on any atom is 0.254 e. The van der Waals surface area contributed by atoms with E-state index >= 15 is 0 Å². The molecule has 0 saturated heterocycles. The summed E-state index contributed by atoms with van der Waals surface area (Å²) in [5, 5.41) is 8.31. The number of hydrogen-bond donors (Lipinski definition) is 3. The minimum absolute atomic E-state index is 0.0895. The first-order valence-electron chi connectivity index (χ1n) is 10.3. The van der Waals surface area contributed by atoms with Gasteiger partial charge in [0, 0.05) is 25.1 Å². The lowest BCUT2D eigenvalue weighted by molar-refractivity contribution is -0.118. The van der Waals surface area contributed by atoms with Crippen molar-refractivity contribution in [2.24, 2.45) is 7.05 Å². The van der Waals surface area contributed by atoms with Crippen molar-refractivity contribution in [3.05, 3.63) is 53.9 Å². The molecule has 0 saturated carbocycles. The first kappa shape index (κ1) is 20.6. The monoisotopic (exact) mass is 419 g/mol. The van der Waals surface area contributed by atoms with Gasteiger partial charge in [-0.25, -0.2) is 4.98 Å². The molecule has 0 radical (unpaired) electrons. The summed E-state index contributed by atoms with van der Waals surface area (Å²) in [5.74, 6) is 0.378. The number of carbonyl (C=O) groups is 3. The van der Waals surface area contributed by atoms with E-state index < -0.39 is 6.04 Å². The predicted octanol–water partition coefficient (Wildman–Crippen LogP) is 3.17. The quantitative estimate of drug-likeness (QED) is 0.591. The number of carbonyl (C=O) groups excluding carboxylic acids is 3. The number of benzene rings is 2. The number of para-hydroxylation sites is 1. The molecule has 2 aromatic carbocycles. The number of nitrogens with one attached hydrogen (secondary N) is 3. The Morgan fingerprint density at radius 2 is 1.97 bits per heavy atom. The molecule has 1 atom stereocenters. The number of imidazole rings is 1. The molecule has 2 heterocycles. The summed E-state index contributed by atoms with van der Waals surface area (Å²) < 4.78 is 2.05. The van der Waals surface area contributed by atoms with Crippen molar-refractivity contribution in [3.8, 4) is 0 Å². The van der Waals surface area contributed by atoms with Gasteiger partial charge in [0.2, 0.25) is 11.8 Å². The van der Waals surface area contributed by atoms with Crippen LogP contribution in [-0.2, 0) is 16.6 Å². The summed E-state index contributed by atoms with van der Waals surface area (Å²) in [7, 11) is 1.98. The molecule has 3 aromatic rings. The molecular weight excluding hydrogens is 394 g/mol. The molecule has 8 heteroatoms. The highest BCUT2D eigenvalue weighted by molar-refractivity contribution is 6.10. The number of aromatic nitrogens is 2. The van der Waals surface area contributed by atoms with Crippen molar-refractivity contribution in [1.29, 1.82) is 0 Å². The summed E-state index contributed by atoms with van der Waals surface area (Å²) >= 11 is 0. The Morgan fingerprint density at radius 1 is 1.19 bits per heavy atom. The fourth-order valence-electron chi connectivity index (χ4n) is 3.83. The number of hydrogen-bond acceptors (Lipinski definition) is 4. The zero-order valence-electron chi connectivity index (χ0n) is 17.7. The topological polar surface area (TPSA) is 105 Å². The van der Waals surface area contributed by atoms with Gasteiger partial charge in [-0.1, -0.05) is 26.0 Å². The normalized spacial score (nSPS) is 15.9. The van der Waals surface area contributed by atoms with Gasteiger partial charge in [0.1, 0.15) is 11.9 Å². The van der Waals surface area contributed by atoms with Gasteiger partial charge in [-0.2, -0.15) is 0 Å². The molecule has 1 aliphatic heterocycles. The molecule has 0 aliphatic carbocycles. The van der Waals surface area contributed by atoms with Crippen LogP contribution in [0, 0.1) is 0 Å². The average Bonchev–Trinajstić information content (AvgIpc) is 3.01. The average molecular weight is 419 g/mol. The van der Waals surface area contributed by atoms with Crippen molar-refractivity contribution in [2.45, 2.75) is 38.6 Å². The molecular formula is C23H25N5O3. The van der Waals surface area contributed by atoms with Gasteiger partial charge in [0.25, 0.3) is 5.91 Å². The minimum atomic E-state index is -0.780. The molecule has 0 spiro atoms. The molecule has 0 fully saturated rings. The third-order valence-electron chi connectivity index (χ3n) is 5.43. The Kier molecular flexibility index (Phi) is 5.46. The van der Waals surface area contributed by atoms with Gasteiger partial charge < -0.3 is 20.5 Å². The van der Waals surface area contributed by atoms with Crippen LogP contribution in [0.4, 0.5) is 11.4 Å². The second kappa shape index (κ2) is 8.22. The molecule has 160 valence electrons. The molecule has 3 N–H and O–H groups in total. The fraction of sp³-hybridized carbons (Fsp3) is 0.304. The summed E-state index contributed by atoms with van der Waals surface area (Å²) in [6.45, 7) is 4.18. The third kappa shape index (κ3) is 4.14. The molecule has 0 bridgehead atoms. The molecule has 3 amide bonds. The first-order chi connectivity index (χ1) is 14.8. The molecule has 1 aliphatic rings. The molecule has 8 nitrogen and oxygen atoms in total. The van der Waals surface area contributed by atoms with E-state index in [1.165, 1.54) is 0 Å². The van der Waals surface area contributed by atoms with Crippen LogP contribution in [0.15, 0.2) is 42.5 Å². The number of amides is 3. The van der Waals surface area contributed by atoms with Gasteiger partial charge in [0.15, 0.2) is 0 Å². The Hall–Kier alpha value is -3.68.